The summed E-state index contributed by atoms with van der Waals surface area (Å²) in [7, 11) is 0. The van der Waals surface area contributed by atoms with Crippen LogP contribution in [-0.2, 0) is 6.18 Å². The zero-order valence-corrected chi connectivity index (χ0v) is 9.08. The molecule has 0 amide bonds. The minimum absolute atomic E-state index is 0.661. The lowest BCUT2D eigenvalue weighted by atomic mass is 9.98. The monoisotopic (exact) mass is 273 g/mol. The second-order valence-corrected chi connectivity index (χ2v) is 3.64. The van der Waals surface area contributed by atoms with Crippen LogP contribution in [0, 0.1) is 24.4 Å². The first kappa shape index (κ1) is 14.8. The van der Waals surface area contributed by atoms with Crippen molar-refractivity contribution in [1.29, 1.82) is 0 Å². The Kier molecular flexibility index (Phi) is 3.92. The topological polar surface area (TPSA) is 46.2 Å². The second-order valence-electron chi connectivity index (χ2n) is 3.64. The van der Waals surface area contributed by atoms with Crippen molar-refractivity contribution in [3.63, 3.8) is 0 Å². The SMILES string of the molecule is Cc1c(F)c([C@H](N)CO)c(F)c(F)c1C(F)(F)F. The molecule has 1 aromatic carbocycles. The normalized spacial score (nSPS) is 13.8. The summed E-state index contributed by atoms with van der Waals surface area (Å²) in [5.41, 5.74) is 0.913. The maximum atomic E-state index is 13.6. The Morgan fingerprint density at radius 2 is 1.61 bits per heavy atom. The molecule has 0 unspecified atom stereocenters. The van der Waals surface area contributed by atoms with Crippen LogP contribution < -0.4 is 5.73 Å². The largest absolute Gasteiger partial charge is 0.419 e. The predicted octanol–water partition coefficient (Wildman–Crippen LogP) is 2.42. The summed E-state index contributed by atoms with van der Waals surface area (Å²) in [5, 5.41) is 8.65. The van der Waals surface area contributed by atoms with Gasteiger partial charge in [-0.15, -0.1) is 0 Å². The van der Waals surface area contributed by atoms with Crippen molar-refractivity contribution in [3.05, 3.63) is 34.1 Å². The van der Waals surface area contributed by atoms with E-state index in [1.54, 1.807) is 0 Å². The van der Waals surface area contributed by atoms with Gasteiger partial charge in [-0.1, -0.05) is 0 Å². The van der Waals surface area contributed by atoms with Crippen LogP contribution in [0.2, 0.25) is 0 Å². The molecule has 3 N–H and O–H groups in total. The highest BCUT2D eigenvalue weighted by Gasteiger charge is 2.40. The van der Waals surface area contributed by atoms with Crippen molar-refractivity contribution in [2.75, 3.05) is 6.61 Å². The highest BCUT2D eigenvalue weighted by Crippen LogP contribution is 2.38. The van der Waals surface area contributed by atoms with Gasteiger partial charge < -0.3 is 10.8 Å². The first-order valence-electron chi connectivity index (χ1n) is 4.73. The third kappa shape index (κ3) is 2.30. The van der Waals surface area contributed by atoms with Gasteiger partial charge in [-0.2, -0.15) is 13.2 Å². The van der Waals surface area contributed by atoms with Crippen LogP contribution in [0.4, 0.5) is 26.3 Å². The van der Waals surface area contributed by atoms with Gasteiger partial charge in [0.1, 0.15) is 11.4 Å². The molecule has 0 saturated carbocycles. The molecule has 102 valence electrons. The lowest BCUT2D eigenvalue weighted by Gasteiger charge is -2.18. The molecule has 0 spiro atoms. The molecule has 0 aromatic heterocycles. The zero-order valence-electron chi connectivity index (χ0n) is 9.08. The summed E-state index contributed by atoms with van der Waals surface area (Å²) >= 11 is 0. The minimum Gasteiger partial charge on any atom is -0.394 e. The third-order valence-electron chi connectivity index (χ3n) is 2.44. The molecule has 18 heavy (non-hydrogen) atoms. The molecule has 0 fully saturated rings. The summed E-state index contributed by atoms with van der Waals surface area (Å²) in [5.74, 6) is -5.87. The highest BCUT2D eigenvalue weighted by molar-refractivity contribution is 5.39. The van der Waals surface area contributed by atoms with Crippen LogP contribution in [0.25, 0.3) is 0 Å². The lowest BCUT2D eigenvalue weighted by Crippen LogP contribution is -2.23. The summed E-state index contributed by atoms with van der Waals surface area (Å²) in [6.07, 6.45) is -5.22. The fraction of sp³-hybridized carbons (Fsp3) is 0.400. The van der Waals surface area contributed by atoms with E-state index in [0.29, 0.717) is 6.92 Å². The van der Waals surface area contributed by atoms with E-state index in [4.69, 9.17) is 10.8 Å². The van der Waals surface area contributed by atoms with Gasteiger partial charge in [0.15, 0.2) is 11.6 Å². The van der Waals surface area contributed by atoms with Crippen LogP contribution >= 0.6 is 0 Å². The number of halogens is 6. The van der Waals surface area contributed by atoms with E-state index in [1.165, 1.54) is 0 Å². The van der Waals surface area contributed by atoms with Crippen LogP contribution in [0.3, 0.4) is 0 Å². The molecule has 1 rings (SSSR count). The Hall–Kier alpha value is -1.28. The predicted molar refractivity (Wildman–Crippen MR) is 50.1 cm³/mol. The van der Waals surface area contributed by atoms with Crippen LogP contribution in [0.5, 0.6) is 0 Å². The minimum atomic E-state index is -5.22. The first-order valence-corrected chi connectivity index (χ1v) is 4.73. The number of aliphatic hydroxyl groups is 1. The van der Waals surface area contributed by atoms with E-state index in [2.05, 4.69) is 0 Å². The Morgan fingerprint density at radius 1 is 1.11 bits per heavy atom. The van der Waals surface area contributed by atoms with Gasteiger partial charge in [-0.05, 0) is 6.92 Å². The van der Waals surface area contributed by atoms with Gasteiger partial charge in [0.05, 0.1) is 12.6 Å². The summed E-state index contributed by atoms with van der Waals surface area (Å²) in [6.45, 7) is -0.271. The van der Waals surface area contributed by atoms with Crippen molar-refractivity contribution in [3.8, 4) is 0 Å². The molecule has 0 heterocycles. The average Bonchev–Trinajstić information content (AvgIpc) is 2.24. The van der Waals surface area contributed by atoms with Gasteiger partial charge in [0, 0.05) is 11.1 Å². The number of rotatable bonds is 2. The molecule has 1 atom stereocenters. The van der Waals surface area contributed by atoms with E-state index in [1.807, 2.05) is 0 Å². The summed E-state index contributed by atoms with van der Waals surface area (Å²) in [4.78, 5) is 0. The molecule has 0 aliphatic carbocycles. The van der Waals surface area contributed by atoms with Gasteiger partial charge in [-0.3, -0.25) is 0 Å². The zero-order chi connectivity index (χ0) is 14.2. The van der Waals surface area contributed by atoms with E-state index in [0.717, 1.165) is 0 Å². The third-order valence-corrected chi connectivity index (χ3v) is 2.44. The van der Waals surface area contributed by atoms with Gasteiger partial charge in [0.25, 0.3) is 0 Å². The molecule has 0 bridgehead atoms. The number of hydrogen-bond donors (Lipinski definition) is 2. The van der Waals surface area contributed by atoms with Crippen molar-refractivity contribution >= 4 is 0 Å². The molecule has 0 aliphatic rings. The van der Waals surface area contributed by atoms with Gasteiger partial charge >= 0.3 is 6.18 Å². The standard InChI is InChI=1S/C10H9F6NO/c1-3-6(10(14,15)16)9(13)8(12)5(7(3)11)4(17)2-18/h4,18H,2,17H2,1H3/t4-/m1/s1. The van der Waals surface area contributed by atoms with Crippen LogP contribution in [0.15, 0.2) is 0 Å². The van der Waals surface area contributed by atoms with Crippen molar-refractivity contribution < 1.29 is 31.4 Å². The summed E-state index contributed by atoms with van der Waals surface area (Å²) < 4.78 is 77.5. The van der Waals surface area contributed by atoms with E-state index in [9.17, 15) is 26.3 Å². The summed E-state index contributed by atoms with van der Waals surface area (Å²) in [6, 6.07) is -1.64. The quantitative estimate of drug-likeness (QED) is 0.642. The Bertz CT molecular complexity index is 441. The van der Waals surface area contributed by atoms with Crippen molar-refractivity contribution in [2.24, 2.45) is 5.73 Å². The Labute approximate surface area is 98.0 Å². The molecule has 8 heteroatoms. The van der Waals surface area contributed by atoms with Gasteiger partial charge in [0.2, 0.25) is 0 Å². The first-order chi connectivity index (χ1) is 8.12. The smallest absolute Gasteiger partial charge is 0.394 e. The average molecular weight is 273 g/mol. The fourth-order valence-corrected chi connectivity index (χ4v) is 1.55. The molecule has 0 aliphatic heterocycles. The number of nitrogens with two attached hydrogens (primary N) is 1. The van der Waals surface area contributed by atoms with E-state index in [-0.39, 0.29) is 0 Å². The highest BCUT2D eigenvalue weighted by atomic mass is 19.4. The lowest BCUT2D eigenvalue weighted by molar-refractivity contribution is -0.141. The molecule has 1 aromatic rings. The van der Waals surface area contributed by atoms with E-state index >= 15 is 0 Å². The molecule has 0 radical (unpaired) electrons. The molecular weight excluding hydrogens is 264 g/mol. The molecule has 2 nitrogen and oxygen atoms in total. The number of alkyl halides is 3. The second kappa shape index (κ2) is 4.77. The molecular formula is C10H9F6NO. The number of hydrogen-bond acceptors (Lipinski definition) is 2. The number of benzene rings is 1. The fourth-order valence-electron chi connectivity index (χ4n) is 1.55. The Balaban J connectivity index is 3.67. The maximum absolute atomic E-state index is 13.6. The van der Waals surface area contributed by atoms with Gasteiger partial charge in [-0.25, -0.2) is 13.2 Å². The molecule has 0 saturated heterocycles. The van der Waals surface area contributed by atoms with E-state index < -0.39 is 53.0 Å². The van der Waals surface area contributed by atoms with Crippen molar-refractivity contribution in [2.45, 2.75) is 19.1 Å². The van der Waals surface area contributed by atoms with Crippen LogP contribution in [0.1, 0.15) is 22.7 Å². The van der Waals surface area contributed by atoms with Crippen molar-refractivity contribution in [1.82, 2.24) is 0 Å². The Morgan fingerprint density at radius 3 is 2.00 bits per heavy atom. The maximum Gasteiger partial charge on any atom is 0.419 e. The number of aliphatic hydroxyl groups excluding tert-OH is 1. The van der Waals surface area contributed by atoms with Crippen LogP contribution in [-0.4, -0.2) is 11.7 Å².